The second kappa shape index (κ2) is 8.31. The zero-order chi connectivity index (χ0) is 19.5. The fourth-order valence-corrected chi connectivity index (χ4v) is 4.02. The van der Waals surface area contributed by atoms with E-state index in [9.17, 15) is 4.79 Å². The fourth-order valence-electron chi connectivity index (χ4n) is 4.02. The fraction of sp³-hybridized carbons (Fsp3) is 0.409. The standard InChI is InChI=1S/C22H28N4O2/c1-15(17-4-3-5-20(12-17)28-2)25-21-10-11-26(22(21)27)19-8-6-16(7-9-19)18-13-23-24-14-18/h3-9,12,15,18,21,23-25H,10-11,13-14H2,1-2H3/t15-,21?/m1/s1. The first-order valence-corrected chi connectivity index (χ1v) is 9.93. The maximum atomic E-state index is 13.0. The van der Waals surface area contributed by atoms with Crippen LogP contribution in [0.1, 0.15) is 36.4 Å². The van der Waals surface area contributed by atoms with Gasteiger partial charge in [0.25, 0.3) is 0 Å². The molecule has 0 aromatic heterocycles. The third-order valence-electron chi connectivity index (χ3n) is 5.75. The number of methoxy groups -OCH3 is 1. The van der Waals surface area contributed by atoms with Crippen molar-refractivity contribution in [1.29, 1.82) is 0 Å². The molecule has 28 heavy (non-hydrogen) atoms. The molecule has 2 aliphatic rings. The van der Waals surface area contributed by atoms with E-state index in [1.165, 1.54) is 5.56 Å². The number of nitrogens with one attached hydrogen (secondary N) is 3. The van der Waals surface area contributed by atoms with Crippen molar-refractivity contribution < 1.29 is 9.53 Å². The van der Waals surface area contributed by atoms with Crippen molar-refractivity contribution >= 4 is 11.6 Å². The number of ether oxygens (including phenoxy) is 1. The number of hydrazine groups is 1. The Bertz CT molecular complexity index is 818. The first-order valence-electron chi connectivity index (χ1n) is 9.93. The van der Waals surface area contributed by atoms with E-state index in [0.29, 0.717) is 5.92 Å². The van der Waals surface area contributed by atoms with Crippen molar-refractivity contribution in [3.8, 4) is 5.75 Å². The smallest absolute Gasteiger partial charge is 0.244 e. The van der Waals surface area contributed by atoms with E-state index in [-0.39, 0.29) is 18.0 Å². The van der Waals surface area contributed by atoms with Gasteiger partial charge in [-0.1, -0.05) is 24.3 Å². The number of anilines is 1. The Hall–Kier alpha value is -2.41. The highest BCUT2D eigenvalue weighted by atomic mass is 16.5. The molecule has 0 aliphatic carbocycles. The Morgan fingerprint density at radius 3 is 2.61 bits per heavy atom. The van der Waals surface area contributed by atoms with E-state index in [4.69, 9.17) is 4.74 Å². The zero-order valence-electron chi connectivity index (χ0n) is 16.4. The molecule has 0 spiro atoms. The largest absolute Gasteiger partial charge is 0.497 e. The predicted molar refractivity (Wildman–Crippen MR) is 110 cm³/mol. The Morgan fingerprint density at radius 2 is 1.89 bits per heavy atom. The summed E-state index contributed by atoms with van der Waals surface area (Å²) in [7, 11) is 1.67. The van der Waals surface area contributed by atoms with Crippen LogP contribution in [0.3, 0.4) is 0 Å². The van der Waals surface area contributed by atoms with E-state index in [1.807, 2.05) is 23.1 Å². The van der Waals surface area contributed by atoms with Crippen LogP contribution in [0.4, 0.5) is 5.69 Å². The molecule has 2 saturated heterocycles. The highest BCUT2D eigenvalue weighted by Crippen LogP contribution is 2.26. The lowest BCUT2D eigenvalue weighted by Crippen LogP contribution is -2.39. The number of benzene rings is 2. The molecule has 1 amide bonds. The van der Waals surface area contributed by atoms with E-state index in [2.05, 4.69) is 53.4 Å². The average molecular weight is 380 g/mol. The van der Waals surface area contributed by atoms with Crippen molar-refractivity contribution in [2.75, 3.05) is 31.6 Å². The van der Waals surface area contributed by atoms with Crippen molar-refractivity contribution in [2.45, 2.75) is 31.3 Å². The molecule has 2 heterocycles. The van der Waals surface area contributed by atoms with Gasteiger partial charge in [-0.05, 0) is 48.7 Å². The summed E-state index contributed by atoms with van der Waals surface area (Å²) >= 11 is 0. The van der Waals surface area contributed by atoms with Crippen LogP contribution >= 0.6 is 0 Å². The Kier molecular flexibility index (Phi) is 5.62. The molecule has 6 heteroatoms. The van der Waals surface area contributed by atoms with Crippen LogP contribution in [0.15, 0.2) is 48.5 Å². The van der Waals surface area contributed by atoms with Crippen LogP contribution in [-0.4, -0.2) is 38.7 Å². The van der Waals surface area contributed by atoms with E-state index < -0.39 is 0 Å². The Labute approximate surface area is 166 Å². The molecular formula is C22H28N4O2. The van der Waals surface area contributed by atoms with Gasteiger partial charge < -0.3 is 9.64 Å². The molecule has 0 radical (unpaired) electrons. The summed E-state index contributed by atoms with van der Waals surface area (Å²) in [4.78, 5) is 14.8. The minimum absolute atomic E-state index is 0.0775. The first kappa shape index (κ1) is 18.9. The summed E-state index contributed by atoms with van der Waals surface area (Å²) in [5.41, 5.74) is 9.72. The van der Waals surface area contributed by atoms with Gasteiger partial charge in [0.1, 0.15) is 5.75 Å². The Morgan fingerprint density at radius 1 is 1.14 bits per heavy atom. The average Bonchev–Trinajstić information content (AvgIpc) is 3.39. The van der Waals surface area contributed by atoms with Gasteiger partial charge >= 0.3 is 0 Å². The third-order valence-corrected chi connectivity index (χ3v) is 5.75. The summed E-state index contributed by atoms with van der Waals surface area (Å²) < 4.78 is 5.31. The number of amides is 1. The number of nitrogens with zero attached hydrogens (tertiary/aromatic N) is 1. The number of carbonyl (C=O) groups is 1. The summed E-state index contributed by atoms with van der Waals surface area (Å²) in [5.74, 6) is 1.46. The molecule has 2 aromatic carbocycles. The quantitative estimate of drug-likeness (QED) is 0.718. The van der Waals surface area contributed by atoms with Gasteiger partial charge in [0.15, 0.2) is 0 Å². The van der Waals surface area contributed by atoms with Crippen molar-refractivity contribution in [3.63, 3.8) is 0 Å². The molecule has 6 nitrogen and oxygen atoms in total. The van der Waals surface area contributed by atoms with Crippen LogP contribution in [-0.2, 0) is 4.79 Å². The van der Waals surface area contributed by atoms with Crippen LogP contribution in [0.5, 0.6) is 5.75 Å². The van der Waals surface area contributed by atoms with Crippen molar-refractivity contribution in [2.24, 2.45) is 0 Å². The van der Waals surface area contributed by atoms with E-state index in [0.717, 1.165) is 43.1 Å². The lowest BCUT2D eigenvalue weighted by molar-refractivity contribution is -0.119. The normalized spacial score (nSPS) is 21.3. The third kappa shape index (κ3) is 3.90. The van der Waals surface area contributed by atoms with Crippen molar-refractivity contribution in [3.05, 3.63) is 59.7 Å². The summed E-state index contributed by atoms with van der Waals surface area (Å²) in [6.07, 6.45) is 0.811. The van der Waals surface area contributed by atoms with Gasteiger partial charge in [-0.3, -0.25) is 21.0 Å². The molecule has 3 N–H and O–H groups in total. The van der Waals surface area contributed by atoms with Crippen molar-refractivity contribution in [1.82, 2.24) is 16.2 Å². The van der Waals surface area contributed by atoms with Gasteiger partial charge in [0, 0.05) is 37.3 Å². The molecule has 0 bridgehead atoms. The van der Waals surface area contributed by atoms with Gasteiger partial charge in [-0.25, -0.2) is 0 Å². The second-order valence-electron chi connectivity index (χ2n) is 7.55. The molecule has 2 aliphatic heterocycles. The summed E-state index contributed by atoms with van der Waals surface area (Å²) in [5, 5.41) is 3.49. The number of hydrogen-bond donors (Lipinski definition) is 3. The summed E-state index contributed by atoms with van der Waals surface area (Å²) in [6, 6.07) is 16.3. The Balaban J connectivity index is 1.40. The molecule has 0 saturated carbocycles. The topological polar surface area (TPSA) is 65.6 Å². The predicted octanol–water partition coefficient (Wildman–Crippen LogP) is 2.34. The van der Waals surface area contributed by atoms with Gasteiger partial charge in [0.2, 0.25) is 5.91 Å². The minimum Gasteiger partial charge on any atom is -0.497 e. The molecule has 1 unspecified atom stereocenters. The zero-order valence-corrected chi connectivity index (χ0v) is 16.4. The highest BCUT2D eigenvalue weighted by molar-refractivity contribution is 5.99. The number of rotatable bonds is 6. The highest BCUT2D eigenvalue weighted by Gasteiger charge is 2.33. The van der Waals surface area contributed by atoms with Crippen LogP contribution in [0.2, 0.25) is 0 Å². The van der Waals surface area contributed by atoms with Crippen LogP contribution in [0, 0.1) is 0 Å². The first-order chi connectivity index (χ1) is 13.7. The lowest BCUT2D eigenvalue weighted by Gasteiger charge is -2.21. The number of hydrogen-bond acceptors (Lipinski definition) is 5. The molecule has 2 fully saturated rings. The molecular weight excluding hydrogens is 352 g/mol. The van der Waals surface area contributed by atoms with Crippen LogP contribution < -0.4 is 25.8 Å². The summed E-state index contributed by atoms with van der Waals surface area (Å²) in [6.45, 7) is 4.71. The molecule has 4 rings (SSSR count). The molecule has 148 valence electrons. The van der Waals surface area contributed by atoms with E-state index in [1.54, 1.807) is 7.11 Å². The molecule has 2 atom stereocenters. The minimum atomic E-state index is -0.163. The van der Waals surface area contributed by atoms with Gasteiger partial charge in [0.05, 0.1) is 13.2 Å². The SMILES string of the molecule is COc1cccc([C@@H](C)NC2CCN(c3ccc(C4CNNC4)cc3)C2=O)c1. The lowest BCUT2D eigenvalue weighted by atomic mass is 10.00. The monoisotopic (exact) mass is 380 g/mol. The maximum Gasteiger partial charge on any atom is 0.244 e. The van der Waals surface area contributed by atoms with Gasteiger partial charge in [-0.15, -0.1) is 0 Å². The second-order valence-corrected chi connectivity index (χ2v) is 7.55. The number of carbonyl (C=O) groups excluding carboxylic acids is 1. The van der Waals surface area contributed by atoms with E-state index >= 15 is 0 Å². The van der Waals surface area contributed by atoms with Gasteiger partial charge in [-0.2, -0.15) is 0 Å². The molecule has 2 aromatic rings. The van der Waals surface area contributed by atoms with Crippen LogP contribution in [0.25, 0.3) is 0 Å². The maximum absolute atomic E-state index is 13.0.